The van der Waals surface area contributed by atoms with Gasteiger partial charge in [-0.3, -0.25) is 9.59 Å². The summed E-state index contributed by atoms with van der Waals surface area (Å²) in [6.07, 6.45) is 4.34. The fourth-order valence-corrected chi connectivity index (χ4v) is 3.26. The lowest BCUT2D eigenvalue weighted by Gasteiger charge is -2.35. The van der Waals surface area contributed by atoms with Crippen molar-refractivity contribution in [1.82, 2.24) is 14.9 Å². The van der Waals surface area contributed by atoms with E-state index in [0.29, 0.717) is 11.2 Å². The second-order valence-electron chi connectivity index (χ2n) is 4.91. The highest BCUT2D eigenvalue weighted by Crippen LogP contribution is 2.21. The molecule has 6 nitrogen and oxygen atoms in total. The van der Waals surface area contributed by atoms with Crippen LogP contribution in [0.5, 0.6) is 0 Å². The first-order valence-corrected chi connectivity index (χ1v) is 7.88. The van der Waals surface area contributed by atoms with Crippen LogP contribution in [0.15, 0.2) is 16.0 Å². The van der Waals surface area contributed by atoms with Gasteiger partial charge in [0, 0.05) is 18.7 Å². The van der Waals surface area contributed by atoms with Crippen molar-refractivity contribution >= 4 is 23.5 Å². The molecule has 20 heavy (non-hydrogen) atoms. The molecule has 0 aromatic carbocycles. The first-order chi connectivity index (χ1) is 9.60. The molecule has 1 aliphatic heterocycles. The van der Waals surface area contributed by atoms with Crippen molar-refractivity contribution < 1.29 is 4.79 Å². The Morgan fingerprint density at radius 2 is 2.40 bits per heavy atom. The van der Waals surface area contributed by atoms with Gasteiger partial charge in [0.1, 0.15) is 5.82 Å². The molecule has 0 unspecified atom stereocenters. The summed E-state index contributed by atoms with van der Waals surface area (Å²) in [5, 5.41) is 0.397. The Morgan fingerprint density at radius 3 is 3.10 bits per heavy atom. The minimum atomic E-state index is -0.295. The number of rotatable bonds is 4. The van der Waals surface area contributed by atoms with Gasteiger partial charge >= 0.3 is 0 Å². The van der Waals surface area contributed by atoms with Crippen LogP contribution in [-0.4, -0.2) is 39.1 Å². The van der Waals surface area contributed by atoms with Crippen LogP contribution in [0.3, 0.4) is 0 Å². The van der Waals surface area contributed by atoms with Crippen LogP contribution >= 0.6 is 11.8 Å². The zero-order chi connectivity index (χ0) is 14.5. The Kier molecular flexibility index (Phi) is 5.05. The van der Waals surface area contributed by atoms with Crippen molar-refractivity contribution in [2.45, 2.75) is 43.8 Å². The summed E-state index contributed by atoms with van der Waals surface area (Å²) < 4.78 is 0. The normalized spacial score (nSPS) is 19.1. The molecular formula is C13H20N4O2S. The minimum absolute atomic E-state index is 0.103. The molecule has 110 valence electrons. The first kappa shape index (κ1) is 14.9. The third kappa shape index (κ3) is 3.75. The first-order valence-electron chi connectivity index (χ1n) is 6.89. The van der Waals surface area contributed by atoms with Gasteiger partial charge in [0.25, 0.3) is 5.56 Å². The summed E-state index contributed by atoms with van der Waals surface area (Å²) in [6.45, 7) is 2.94. The number of amides is 1. The fourth-order valence-electron chi connectivity index (χ4n) is 2.49. The van der Waals surface area contributed by atoms with Crippen molar-refractivity contribution in [3.05, 3.63) is 16.4 Å². The number of H-pyrrole nitrogens is 1. The second kappa shape index (κ2) is 6.78. The van der Waals surface area contributed by atoms with E-state index in [9.17, 15) is 9.59 Å². The molecule has 0 bridgehead atoms. The second-order valence-corrected chi connectivity index (χ2v) is 5.87. The van der Waals surface area contributed by atoms with Crippen LogP contribution in [-0.2, 0) is 4.79 Å². The molecule has 0 aliphatic carbocycles. The Morgan fingerprint density at radius 1 is 1.60 bits per heavy atom. The van der Waals surface area contributed by atoms with Gasteiger partial charge in [-0.1, -0.05) is 18.7 Å². The standard InChI is InChI=1S/C13H20N4O2S/c1-2-9-5-3-4-6-17(9)12(19)8-20-13-15-10(14)7-11(18)16-13/h7,9H,2-6,8H2,1H3,(H3,14,15,16,18)/t9-/m0/s1. The van der Waals surface area contributed by atoms with Crippen molar-refractivity contribution in [2.24, 2.45) is 0 Å². The van der Waals surface area contributed by atoms with E-state index in [1.807, 2.05) is 4.90 Å². The van der Waals surface area contributed by atoms with Gasteiger partial charge in [-0.05, 0) is 25.7 Å². The summed E-state index contributed by atoms with van der Waals surface area (Å²) in [5.74, 6) is 0.558. The molecule has 2 heterocycles. The number of carbonyl (C=O) groups is 1. The van der Waals surface area contributed by atoms with Gasteiger partial charge in [-0.2, -0.15) is 0 Å². The maximum Gasteiger partial charge on any atom is 0.253 e. The molecule has 1 aromatic heterocycles. The quantitative estimate of drug-likeness (QED) is 0.644. The number of nitrogens with zero attached hydrogens (tertiary/aromatic N) is 2. The van der Waals surface area contributed by atoms with Crippen LogP contribution < -0.4 is 11.3 Å². The highest BCUT2D eigenvalue weighted by Gasteiger charge is 2.25. The van der Waals surface area contributed by atoms with Crippen molar-refractivity contribution in [1.29, 1.82) is 0 Å². The molecule has 1 saturated heterocycles. The van der Waals surface area contributed by atoms with Crippen molar-refractivity contribution in [2.75, 3.05) is 18.0 Å². The molecule has 0 saturated carbocycles. The van der Waals surface area contributed by atoms with E-state index < -0.39 is 0 Å². The maximum atomic E-state index is 12.3. The monoisotopic (exact) mass is 296 g/mol. The molecule has 7 heteroatoms. The lowest BCUT2D eigenvalue weighted by Crippen LogP contribution is -2.44. The Labute approximate surface area is 122 Å². The molecule has 0 spiro atoms. The number of hydrogen-bond acceptors (Lipinski definition) is 5. The van der Waals surface area contributed by atoms with Crippen LogP contribution in [0, 0.1) is 0 Å². The largest absolute Gasteiger partial charge is 0.383 e. The van der Waals surface area contributed by atoms with Gasteiger partial charge in [0.15, 0.2) is 5.16 Å². The number of hydrogen-bond donors (Lipinski definition) is 2. The molecule has 1 atom stereocenters. The number of nitrogens with two attached hydrogens (primary N) is 1. The zero-order valence-corrected chi connectivity index (χ0v) is 12.4. The van der Waals surface area contributed by atoms with E-state index in [-0.39, 0.29) is 23.0 Å². The predicted octanol–water partition coefficient (Wildman–Crippen LogP) is 1.24. The Bertz CT molecular complexity index is 531. The van der Waals surface area contributed by atoms with Gasteiger partial charge in [0.2, 0.25) is 5.91 Å². The fraction of sp³-hybridized carbons (Fsp3) is 0.615. The Balaban J connectivity index is 1.95. The van der Waals surface area contributed by atoms with Crippen LogP contribution in [0.2, 0.25) is 0 Å². The average molecular weight is 296 g/mol. The summed E-state index contributed by atoms with van der Waals surface area (Å²) in [6, 6.07) is 1.58. The maximum absolute atomic E-state index is 12.3. The van der Waals surface area contributed by atoms with Gasteiger partial charge < -0.3 is 15.6 Å². The molecule has 1 aromatic rings. The number of aromatic amines is 1. The summed E-state index contributed by atoms with van der Waals surface area (Å²) in [7, 11) is 0. The molecule has 3 N–H and O–H groups in total. The number of nitrogens with one attached hydrogen (secondary N) is 1. The number of thioether (sulfide) groups is 1. The number of likely N-dealkylation sites (tertiary alicyclic amines) is 1. The van der Waals surface area contributed by atoms with Crippen LogP contribution in [0.1, 0.15) is 32.6 Å². The summed E-state index contributed by atoms with van der Waals surface area (Å²) in [5.41, 5.74) is 5.22. The average Bonchev–Trinajstić information content (AvgIpc) is 2.43. The smallest absolute Gasteiger partial charge is 0.253 e. The van der Waals surface area contributed by atoms with E-state index >= 15 is 0 Å². The van der Waals surface area contributed by atoms with Crippen LogP contribution in [0.25, 0.3) is 0 Å². The molecule has 2 rings (SSSR count). The molecule has 1 amide bonds. The molecule has 1 aliphatic rings. The van der Waals surface area contributed by atoms with Crippen LogP contribution in [0.4, 0.5) is 5.82 Å². The van der Waals surface area contributed by atoms with E-state index in [0.717, 1.165) is 25.8 Å². The summed E-state index contributed by atoms with van der Waals surface area (Å²) >= 11 is 1.23. The topological polar surface area (TPSA) is 92.1 Å². The highest BCUT2D eigenvalue weighted by atomic mass is 32.2. The van der Waals surface area contributed by atoms with E-state index in [1.54, 1.807) is 0 Å². The predicted molar refractivity (Wildman–Crippen MR) is 79.6 cm³/mol. The third-order valence-corrected chi connectivity index (χ3v) is 4.35. The third-order valence-electron chi connectivity index (χ3n) is 3.49. The summed E-state index contributed by atoms with van der Waals surface area (Å²) in [4.78, 5) is 32.1. The Hall–Kier alpha value is -1.50. The number of carbonyl (C=O) groups excluding carboxylic acids is 1. The highest BCUT2D eigenvalue weighted by molar-refractivity contribution is 7.99. The molecule has 1 fully saturated rings. The number of piperidine rings is 1. The van der Waals surface area contributed by atoms with E-state index in [1.165, 1.54) is 24.2 Å². The SMILES string of the molecule is CC[C@H]1CCCCN1C(=O)CSc1nc(N)cc(=O)[nH]1. The molecular weight excluding hydrogens is 276 g/mol. The van der Waals surface area contributed by atoms with Gasteiger partial charge in [0.05, 0.1) is 5.75 Å². The van der Waals surface area contributed by atoms with Crippen molar-refractivity contribution in [3.8, 4) is 0 Å². The van der Waals surface area contributed by atoms with Crippen molar-refractivity contribution in [3.63, 3.8) is 0 Å². The number of anilines is 1. The lowest BCUT2D eigenvalue weighted by molar-refractivity contribution is -0.132. The van der Waals surface area contributed by atoms with E-state index in [2.05, 4.69) is 16.9 Å². The molecule has 0 radical (unpaired) electrons. The zero-order valence-electron chi connectivity index (χ0n) is 11.6. The van der Waals surface area contributed by atoms with Gasteiger partial charge in [-0.15, -0.1) is 0 Å². The number of aromatic nitrogens is 2. The lowest BCUT2D eigenvalue weighted by atomic mass is 10.0. The number of nitrogen functional groups attached to an aromatic ring is 1. The minimum Gasteiger partial charge on any atom is -0.383 e. The van der Waals surface area contributed by atoms with Gasteiger partial charge in [-0.25, -0.2) is 4.98 Å². The van der Waals surface area contributed by atoms with E-state index in [4.69, 9.17) is 5.73 Å².